The second kappa shape index (κ2) is 8.52. The molecule has 116 valence electrons. The van der Waals surface area contributed by atoms with Crippen molar-refractivity contribution in [3.05, 3.63) is 42.5 Å². The van der Waals surface area contributed by atoms with Gasteiger partial charge in [-0.05, 0) is 17.7 Å². The maximum Gasteiger partial charge on any atom is 1.00 e. The molecule has 3 N–H and O–H groups in total. The maximum atomic E-state index is 11.4. The van der Waals surface area contributed by atoms with Gasteiger partial charge in [-0.1, -0.05) is 30.3 Å². The van der Waals surface area contributed by atoms with Gasteiger partial charge >= 0.3 is 29.6 Å². The molecule has 0 bridgehead atoms. The van der Waals surface area contributed by atoms with Crippen molar-refractivity contribution in [1.29, 1.82) is 0 Å². The molecular weight excluding hydrogens is 319 g/mol. The van der Waals surface area contributed by atoms with Crippen LogP contribution in [0.1, 0.15) is 1.43 Å². The van der Waals surface area contributed by atoms with E-state index in [2.05, 4.69) is 0 Å². The third-order valence-electron chi connectivity index (χ3n) is 2.85. The SMILES string of the molecule is COc1ccc(S(=O)(=O)O)c(OC)c1-c1ccccc1.O.[H-].[Na+]. The molecule has 0 saturated heterocycles. The summed E-state index contributed by atoms with van der Waals surface area (Å²) in [4.78, 5) is -0.292. The van der Waals surface area contributed by atoms with Crippen LogP contribution < -0.4 is 39.0 Å². The van der Waals surface area contributed by atoms with Crippen LogP contribution in [0.5, 0.6) is 11.5 Å². The Morgan fingerprint density at radius 1 is 1.00 bits per heavy atom. The van der Waals surface area contributed by atoms with Gasteiger partial charge in [0.1, 0.15) is 10.6 Å². The first-order valence-electron chi connectivity index (χ1n) is 5.77. The monoisotopic (exact) mass is 336 g/mol. The zero-order valence-electron chi connectivity index (χ0n) is 13.5. The molecule has 0 spiro atoms. The van der Waals surface area contributed by atoms with Crippen LogP contribution in [0.25, 0.3) is 11.1 Å². The largest absolute Gasteiger partial charge is 1.00 e. The molecule has 0 atom stereocenters. The predicted molar refractivity (Wildman–Crippen MR) is 79.5 cm³/mol. The minimum absolute atomic E-state index is 0. The fourth-order valence-corrected chi connectivity index (χ4v) is 2.66. The molecule has 0 amide bonds. The Labute approximate surface area is 152 Å². The molecule has 2 aromatic rings. The van der Waals surface area contributed by atoms with Crippen LogP contribution in [-0.4, -0.2) is 32.7 Å². The molecule has 0 aliphatic rings. The molecule has 0 heterocycles. The summed E-state index contributed by atoms with van der Waals surface area (Å²) in [6.07, 6.45) is 0. The number of benzene rings is 2. The minimum Gasteiger partial charge on any atom is -1.00 e. The van der Waals surface area contributed by atoms with Crippen LogP contribution in [0.2, 0.25) is 0 Å². The van der Waals surface area contributed by atoms with E-state index in [1.54, 1.807) is 12.1 Å². The Morgan fingerprint density at radius 2 is 1.59 bits per heavy atom. The van der Waals surface area contributed by atoms with Crippen molar-refractivity contribution in [3.63, 3.8) is 0 Å². The second-order valence-corrected chi connectivity index (χ2v) is 5.41. The first kappa shape index (κ1) is 20.9. The van der Waals surface area contributed by atoms with Crippen molar-refractivity contribution in [1.82, 2.24) is 0 Å². The smallest absolute Gasteiger partial charge is 1.00 e. The number of rotatable bonds is 4. The molecule has 0 fully saturated rings. The molecule has 6 nitrogen and oxygen atoms in total. The van der Waals surface area contributed by atoms with Gasteiger partial charge in [-0.25, -0.2) is 0 Å². The maximum absolute atomic E-state index is 11.4. The molecule has 0 aliphatic carbocycles. The molecule has 0 aromatic heterocycles. The molecule has 2 rings (SSSR count). The van der Waals surface area contributed by atoms with Crippen LogP contribution in [0.15, 0.2) is 47.4 Å². The fraction of sp³-hybridized carbons (Fsp3) is 0.143. The van der Waals surface area contributed by atoms with Gasteiger partial charge in [-0.15, -0.1) is 0 Å². The quantitative estimate of drug-likeness (QED) is 0.564. The van der Waals surface area contributed by atoms with Crippen LogP contribution in [0.3, 0.4) is 0 Å². The predicted octanol–water partition coefficient (Wildman–Crippen LogP) is -1.09. The van der Waals surface area contributed by atoms with Gasteiger partial charge in [0.05, 0.1) is 19.8 Å². The molecule has 0 radical (unpaired) electrons. The van der Waals surface area contributed by atoms with Crippen molar-refractivity contribution in [2.24, 2.45) is 0 Å². The average Bonchev–Trinajstić information content (AvgIpc) is 2.45. The number of methoxy groups -OCH3 is 2. The van der Waals surface area contributed by atoms with E-state index >= 15 is 0 Å². The van der Waals surface area contributed by atoms with Crippen molar-refractivity contribution >= 4 is 10.1 Å². The zero-order valence-corrected chi connectivity index (χ0v) is 15.3. The van der Waals surface area contributed by atoms with Gasteiger partial charge in [-0.3, -0.25) is 4.55 Å². The van der Waals surface area contributed by atoms with Crippen molar-refractivity contribution in [3.8, 4) is 22.6 Å². The average molecular weight is 336 g/mol. The van der Waals surface area contributed by atoms with Crippen molar-refractivity contribution in [2.75, 3.05) is 14.2 Å². The summed E-state index contributed by atoms with van der Waals surface area (Å²) < 4.78 is 42.6. The zero-order chi connectivity index (χ0) is 14.8. The van der Waals surface area contributed by atoms with E-state index in [1.807, 2.05) is 18.2 Å². The second-order valence-electron chi connectivity index (χ2n) is 4.02. The summed E-state index contributed by atoms with van der Waals surface area (Å²) in [5, 5.41) is 0. The number of hydrogen-bond donors (Lipinski definition) is 1. The summed E-state index contributed by atoms with van der Waals surface area (Å²) in [7, 11) is -1.56. The van der Waals surface area contributed by atoms with E-state index < -0.39 is 10.1 Å². The van der Waals surface area contributed by atoms with Gasteiger partial charge in [0.2, 0.25) is 0 Å². The van der Waals surface area contributed by atoms with Gasteiger partial charge < -0.3 is 16.4 Å². The Balaban J connectivity index is 0. The van der Waals surface area contributed by atoms with Gasteiger partial charge in [0.25, 0.3) is 10.1 Å². The van der Waals surface area contributed by atoms with Crippen LogP contribution in [-0.2, 0) is 10.1 Å². The van der Waals surface area contributed by atoms with E-state index in [9.17, 15) is 13.0 Å². The van der Waals surface area contributed by atoms with E-state index in [-0.39, 0.29) is 47.1 Å². The van der Waals surface area contributed by atoms with Crippen LogP contribution >= 0.6 is 0 Å². The van der Waals surface area contributed by atoms with Crippen molar-refractivity contribution < 1.29 is 58.9 Å². The standard InChI is InChI=1S/C14H14O5S.Na.H2O.H/c1-18-11-8-9-12(20(15,16)17)14(19-2)13(11)10-6-4-3-5-7-10;;;/h3-9H,1-2H3,(H,15,16,17);;1H2;/q;+1;;-1. The topological polar surface area (TPSA) is 104 Å². The van der Waals surface area contributed by atoms with E-state index in [4.69, 9.17) is 9.47 Å². The molecule has 0 saturated carbocycles. The first-order valence-corrected chi connectivity index (χ1v) is 7.21. The van der Waals surface area contributed by atoms with Gasteiger partial charge in [0, 0.05) is 0 Å². The Kier molecular flexibility index (Phi) is 8.10. The van der Waals surface area contributed by atoms with Gasteiger partial charge in [0.15, 0.2) is 5.75 Å². The first-order chi connectivity index (χ1) is 9.49. The summed E-state index contributed by atoms with van der Waals surface area (Å²) in [6, 6.07) is 11.8. The number of ether oxygens (including phenoxy) is 2. The third kappa shape index (κ3) is 4.22. The van der Waals surface area contributed by atoms with E-state index in [1.165, 1.54) is 26.4 Å². The molecule has 22 heavy (non-hydrogen) atoms. The summed E-state index contributed by atoms with van der Waals surface area (Å²) >= 11 is 0. The Morgan fingerprint density at radius 3 is 2.05 bits per heavy atom. The third-order valence-corrected chi connectivity index (χ3v) is 3.73. The molecule has 0 unspecified atom stereocenters. The molecule has 2 aromatic carbocycles. The van der Waals surface area contributed by atoms with Crippen LogP contribution in [0, 0.1) is 0 Å². The summed E-state index contributed by atoms with van der Waals surface area (Å²) in [5.41, 5.74) is 1.21. The number of hydrogen-bond acceptors (Lipinski definition) is 4. The van der Waals surface area contributed by atoms with Gasteiger partial charge in [-0.2, -0.15) is 8.42 Å². The van der Waals surface area contributed by atoms with E-state index in [0.29, 0.717) is 11.3 Å². The van der Waals surface area contributed by atoms with Crippen LogP contribution in [0.4, 0.5) is 0 Å². The fourth-order valence-electron chi connectivity index (χ4n) is 2.00. The molecular formula is C14H17NaO6S. The minimum atomic E-state index is -4.38. The normalized spacial score (nSPS) is 10.1. The molecule has 8 heteroatoms. The molecule has 0 aliphatic heterocycles. The summed E-state index contributed by atoms with van der Waals surface area (Å²) in [5.74, 6) is 0.513. The van der Waals surface area contributed by atoms with Crippen molar-refractivity contribution in [2.45, 2.75) is 4.90 Å². The van der Waals surface area contributed by atoms with E-state index in [0.717, 1.165) is 5.56 Å². The Hall–Kier alpha value is -1.09. The Bertz CT molecular complexity index is 722. The summed E-state index contributed by atoms with van der Waals surface area (Å²) in [6.45, 7) is 0.